The summed E-state index contributed by atoms with van der Waals surface area (Å²) in [5.74, 6) is -0.287. The Morgan fingerprint density at radius 1 is 1.11 bits per heavy atom. The number of benzene rings is 2. The summed E-state index contributed by atoms with van der Waals surface area (Å²) in [7, 11) is 0. The molecule has 2 aromatic carbocycles. The van der Waals surface area contributed by atoms with E-state index in [1.54, 1.807) is 12.1 Å². The predicted molar refractivity (Wildman–Crippen MR) is 108 cm³/mol. The van der Waals surface area contributed by atoms with Crippen LogP contribution in [0.4, 0.5) is 0 Å². The van der Waals surface area contributed by atoms with Gasteiger partial charge in [-0.3, -0.25) is 20.4 Å². The van der Waals surface area contributed by atoms with Crippen molar-refractivity contribution in [3.63, 3.8) is 0 Å². The standard InChI is InChI=1S/C20H19ClN2O3S/c1-3-15(26-13-10-8-12(2)9-11-13)19(24)22-23-20(25)18-17(21)14-6-4-5-7-16(14)27-18/h4-11,15H,3H2,1-2H3,(H,22,24)(H,23,25). The molecule has 140 valence electrons. The molecule has 7 heteroatoms. The number of hydrazine groups is 1. The molecule has 3 rings (SSSR count). The summed E-state index contributed by atoms with van der Waals surface area (Å²) in [6, 6.07) is 14.9. The van der Waals surface area contributed by atoms with Crippen LogP contribution in [0.3, 0.4) is 0 Å². The van der Waals surface area contributed by atoms with Gasteiger partial charge in [0.1, 0.15) is 10.6 Å². The SMILES string of the molecule is CCC(Oc1ccc(C)cc1)C(=O)NNC(=O)c1sc2ccccc2c1Cl. The first-order valence-corrected chi connectivity index (χ1v) is 9.69. The molecule has 1 heterocycles. The lowest BCUT2D eigenvalue weighted by Crippen LogP contribution is -2.47. The minimum Gasteiger partial charge on any atom is -0.481 e. The number of rotatable bonds is 5. The van der Waals surface area contributed by atoms with E-state index >= 15 is 0 Å². The van der Waals surface area contributed by atoms with Crippen molar-refractivity contribution in [2.24, 2.45) is 0 Å². The van der Waals surface area contributed by atoms with Gasteiger partial charge < -0.3 is 4.74 Å². The van der Waals surface area contributed by atoms with Gasteiger partial charge >= 0.3 is 0 Å². The Kier molecular flexibility index (Phi) is 5.98. The van der Waals surface area contributed by atoms with Crippen LogP contribution in [-0.4, -0.2) is 17.9 Å². The van der Waals surface area contributed by atoms with Crippen LogP contribution in [0.2, 0.25) is 5.02 Å². The molecular weight excluding hydrogens is 384 g/mol. The normalized spacial score (nSPS) is 11.8. The lowest BCUT2D eigenvalue weighted by Gasteiger charge is -2.17. The Morgan fingerprint density at radius 2 is 1.81 bits per heavy atom. The summed E-state index contributed by atoms with van der Waals surface area (Å²) in [6.07, 6.45) is -0.259. The number of amides is 2. The third-order valence-corrected chi connectivity index (χ3v) is 5.68. The highest BCUT2D eigenvalue weighted by Gasteiger charge is 2.21. The quantitative estimate of drug-likeness (QED) is 0.618. The van der Waals surface area contributed by atoms with Gasteiger partial charge in [0, 0.05) is 10.1 Å². The van der Waals surface area contributed by atoms with E-state index in [1.807, 2.05) is 50.2 Å². The first-order chi connectivity index (χ1) is 13.0. The molecule has 5 nitrogen and oxygen atoms in total. The molecule has 2 N–H and O–H groups in total. The topological polar surface area (TPSA) is 67.4 Å². The molecule has 0 fully saturated rings. The highest BCUT2D eigenvalue weighted by Crippen LogP contribution is 2.34. The van der Waals surface area contributed by atoms with Gasteiger partial charge in [0.25, 0.3) is 11.8 Å². The predicted octanol–water partition coefficient (Wildman–Crippen LogP) is 4.48. The molecule has 0 saturated carbocycles. The zero-order valence-electron chi connectivity index (χ0n) is 14.9. The summed E-state index contributed by atoms with van der Waals surface area (Å²) in [6.45, 7) is 3.81. The molecule has 0 aliphatic carbocycles. The van der Waals surface area contributed by atoms with Crippen LogP contribution in [0.5, 0.6) is 5.75 Å². The van der Waals surface area contributed by atoms with Gasteiger partial charge in [-0.25, -0.2) is 0 Å². The fourth-order valence-corrected chi connectivity index (χ4v) is 3.93. The third kappa shape index (κ3) is 4.40. The van der Waals surface area contributed by atoms with Gasteiger partial charge in [-0.05, 0) is 31.5 Å². The van der Waals surface area contributed by atoms with Crippen LogP contribution >= 0.6 is 22.9 Å². The largest absolute Gasteiger partial charge is 0.481 e. The molecule has 1 atom stereocenters. The van der Waals surface area contributed by atoms with Crippen molar-refractivity contribution in [2.75, 3.05) is 0 Å². The number of carbonyl (C=O) groups excluding carboxylic acids is 2. The fraction of sp³-hybridized carbons (Fsp3) is 0.200. The van der Waals surface area contributed by atoms with E-state index in [0.717, 1.165) is 15.6 Å². The molecule has 1 unspecified atom stereocenters. The van der Waals surface area contributed by atoms with E-state index in [4.69, 9.17) is 16.3 Å². The second-order valence-electron chi connectivity index (χ2n) is 6.01. The van der Waals surface area contributed by atoms with E-state index in [1.165, 1.54) is 11.3 Å². The second kappa shape index (κ2) is 8.41. The van der Waals surface area contributed by atoms with Gasteiger partial charge in [-0.2, -0.15) is 0 Å². The van der Waals surface area contributed by atoms with E-state index in [2.05, 4.69) is 10.9 Å². The molecule has 3 aromatic rings. The van der Waals surface area contributed by atoms with Crippen LogP contribution in [0, 0.1) is 6.92 Å². The van der Waals surface area contributed by atoms with Crippen molar-refractivity contribution < 1.29 is 14.3 Å². The second-order valence-corrected chi connectivity index (χ2v) is 7.44. The van der Waals surface area contributed by atoms with E-state index < -0.39 is 17.9 Å². The maximum atomic E-state index is 12.4. The summed E-state index contributed by atoms with van der Waals surface area (Å²) in [5, 5.41) is 1.19. The number of hydrogen-bond acceptors (Lipinski definition) is 4. The average molecular weight is 403 g/mol. The summed E-state index contributed by atoms with van der Waals surface area (Å²) in [4.78, 5) is 25.1. The highest BCUT2D eigenvalue weighted by molar-refractivity contribution is 7.21. The van der Waals surface area contributed by atoms with Gasteiger partial charge in [0.15, 0.2) is 6.10 Å². The van der Waals surface area contributed by atoms with Crippen LogP contribution < -0.4 is 15.6 Å². The van der Waals surface area contributed by atoms with Crippen LogP contribution in [-0.2, 0) is 4.79 Å². The third-order valence-electron chi connectivity index (χ3n) is 4.00. The van der Waals surface area contributed by atoms with Crippen molar-refractivity contribution in [2.45, 2.75) is 26.4 Å². The van der Waals surface area contributed by atoms with Gasteiger partial charge in [0.05, 0.1) is 5.02 Å². The van der Waals surface area contributed by atoms with Crippen molar-refractivity contribution in [1.29, 1.82) is 0 Å². The van der Waals surface area contributed by atoms with Gasteiger partial charge in [0.2, 0.25) is 0 Å². The van der Waals surface area contributed by atoms with E-state index in [-0.39, 0.29) is 0 Å². The number of aryl methyl sites for hydroxylation is 1. The molecule has 0 radical (unpaired) electrons. The molecule has 0 spiro atoms. The smallest absolute Gasteiger partial charge is 0.281 e. The maximum Gasteiger partial charge on any atom is 0.281 e. The zero-order chi connectivity index (χ0) is 19.4. The van der Waals surface area contributed by atoms with Gasteiger partial charge in [-0.1, -0.05) is 54.4 Å². The number of hydrogen-bond donors (Lipinski definition) is 2. The van der Waals surface area contributed by atoms with E-state index in [0.29, 0.717) is 22.1 Å². The maximum absolute atomic E-state index is 12.4. The Bertz CT molecular complexity index is 969. The summed E-state index contributed by atoms with van der Waals surface area (Å²) < 4.78 is 6.61. The minimum absolute atomic E-state index is 0.352. The number of fused-ring (bicyclic) bond motifs is 1. The lowest BCUT2D eigenvalue weighted by molar-refractivity contribution is -0.128. The number of thiophene rings is 1. The van der Waals surface area contributed by atoms with Crippen LogP contribution in [0.25, 0.3) is 10.1 Å². The number of ether oxygens (including phenoxy) is 1. The molecule has 0 saturated heterocycles. The molecule has 27 heavy (non-hydrogen) atoms. The Hall–Kier alpha value is -2.57. The number of nitrogens with one attached hydrogen (secondary N) is 2. The van der Waals surface area contributed by atoms with E-state index in [9.17, 15) is 9.59 Å². The zero-order valence-corrected chi connectivity index (χ0v) is 16.5. The molecule has 1 aromatic heterocycles. The van der Waals surface area contributed by atoms with Crippen LogP contribution in [0.1, 0.15) is 28.6 Å². The molecule has 2 amide bonds. The van der Waals surface area contributed by atoms with Gasteiger partial charge in [-0.15, -0.1) is 11.3 Å². The minimum atomic E-state index is -0.717. The molecule has 0 bridgehead atoms. The monoisotopic (exact) mass is 402 g/mol. The first kappa shape index (κ1) is 19.2. The first-order valence-electron chi connectivity index (χ1n) is 8.50. The molecule has 0 aliphatic rings. The number of halogens is 1. The fourth-order valence-electron chi connectivity index (χ4n) is 2.52. The highest BCUT2D eigenvalue weighted by atomic mass is 35.5. The average Bonchev–Trinajstić information content (AvgIpc) is 3.02. The molecular formula is C20H19ClN2O3S. The van der Waals surface area contributed by atoms with Crippen molar-refractivity contribution in [3.05, 3.63) is 64.0 Å². The Morgan fingerprint density at radius 3 is 2.48 bits per heavy atom. The van der Waals surface area contributed by atoms with Crippen molar-refractivity contribution in [1.82, 2.24) is 10.9 Å². The van der Waals surface area contributed by atoms with Crippen LogP contribution in [0.15, 0.2) is 48.5 Å². The lowest BCUT2D eigenvalue weighted by atomic mass is 10.2. The van der Waals surface area contributed by atoms with Crippen molar-refractivity contribution in [3.8, 4) is 5.75 Å². The molecule has 0 aliphatic heterocycles. The summed E-state index contributed by atoms with van der Waals surface area (Å²) >= 11 is 7.56. The van der Waals surface area contributed by atoms with Crippen molar-refractivity contribution >= 4 is 44.8 Å². The Labute approximate surface area is 166 Å². The Balaban J connectivity index is 1.63. The number of carbonyl (C=O) groups is 2. The summed E-state index contributed by atoms with van der Waals surface area (Å²) in [5.41, 5.74) is 5.94.